The van der Waals surface area contributed by atoms with E-state index < -0.39 is 0 Å². The maximum absolute atomic E-state index is 5.76. The van der Waals surface area contributed by atoms with Gasteiger partial charge in [-0.1, -0.05) is 6.92 Å². The number of hydrogen-bond acceptors (Lipinski definition) is 1. The van der Waals surface area contributed by atoms with Gasteiger partial charge in [0.25, 0.3) is 0 Å². The second kappa shape index (κ2) is 5.94. The molecule has 0 spiro atoms. The van der Waals surface area contributed by atoms with Crippen LogP contribution in [-0.2, 0) is 4.74 Å². The smallest absolute Gasteiger partial charge is 0.0575 e. The molecular formula is C10H21OP. The van der Waals surface area contributed by atoms with Crippen LogP contribution in [0.25, 0.3) is 0 Å². The first-order valence-corrected chi connectivity index (χ1v) is 5.96. The fourth-order valence-electron chi connectivity index (χ4n) is 1.73. The molecule has 0 amide bonds. The molecule has 0 saturated heterocycles. The highest BCUT2D eigenvalue weighted by Crippen LogP contribution is 2.25. The highest BCUT2D eigenvalue weighted by Gasteiger charge is 2.17. The highest BCUT2D eigenvalue weighted by molar-refractivity contribution is 7.16. The van der Waals surface area contributed by atoms with Crippen molar-refractivity contribution in [1.29, 1.82) is 0 Å². The summed E-state index contributed by atoms with van der Waals surface area (Å²) in [6, 6.07) is 0. The monoisotopic (exact) mass is 188 g/mol. The van der Waals surface area contributed by atoms with Crippen LogP contribution in [0.2, 0.25) is 0 Å². The standard InChI is InChI=1S/C10H21OP/c1-9-3-5-10(6-4-9)11-7-2-8-12/h9-10H,2-8,12H2,1H3. The van der Waals surface area contributed by atoms with Crippen molar-refractivity contribution in [2.24, 2.45) is 5.92 Å². The Labute approximate surface area is 78.5 Å². The minimum atomic E-state index is 0.581. The summed E-state index contributed by atoms with van der Waals surface area (Å²) in [7, 11) is 2.74. The Morgan fingerprint density at radius 3 is 2.50 bits per heavy atom. The van der Waals surface area contributed by atoms with Crippen molar-refractivity contribution < 1.29 is 4.74 Å². The van der Waals surface area contributed by atoms with Crippen LogP contribution in [-0.4, -0.2) is 18.9 Å². The molecule has 0 aliphatic heterocycles. The van der Waals surface area contributed by atoms with Gasteiger partial charge in [-0.25, -0.2) is 0 Å². The Morgan fingerprint density at radius 1 is 1.25 bits per heavy atom. The molecule has 72 valence electrons. The first-order valence-electron chi connectivity index (χ1n) is 5.14. The molecule has 1 nitrogen and oxygen atoms in total. The second-order valence-electron chi connectivity index (χ2n) is 3.89. The first-order chi connectivity index (χ1) is 5.83. The van der Waals surface area contributed by atoms with E-state index in [-0.39, 0.29) is 0 Å². The number of ether oxygens (including phenoxy) is 1. The maximum atomic E-state index is 5.76. The van der Waals surface area contributed by atoms with E-state index in [1.54, 1.807) is 0 Å². The van der Waals surface area contributed by atoms with Crippen molar-refractivity contribution in [3.05, 3.63) is 0 Å². The van der Waals surface area contributed by atoms with E-state index in [0.717, 1.165) is 12.5 Å². The Hall–Kier alpha value is 0.390. The van der Waals surface area contributed by atoms with E-state index in [9.17, 15) is 0 Å². The third kappa shape index (κ3) is 3.87. The van der Waals surface area contributed by atoms with Crippen molar-refractivity contribution in [2.45, 2.75) is 45.1 Å². The summed E-state index contributed by atoms with van der Waals surface area (Å²) in [6.07, 6.45) is 8.25. The molecule has 0 aromatic heterocycles. The summed E-state index contributed by atoms with van der Waals surface area (Å²) >= 11 is 0. The van der Waals surface area contributed by atoms with E-state index in [0.29, 0.717) is 6.10 Å². The summed E-state index contributed by atoms with van der Waals surface area (Å²) in [4.78, 5) is 0. The third-order valence-corrected chi connectivity index (χ3v) is 3.07. The summed E-state index contributed by atoms with van der Waals surface area (Å²) < 4.78 is 5.76. The molecule has 1 aliphatic carbocycles. The molecule has 12 heavy (non-hydrogen) atoms. The molecule has 0 heterocycles. The molecule has 0 aromatic rings. The number of hydrogen-bond donors (Lipinski definition) is 0. The van der Waals surface area contributed by atoms with Gasteiger partial charge in [-0.05, 0) is 44.2 Å². The lowest BCUT2D eigenvalue weighted by Crippen LogP contribution is -2.20. The summed E-state index contributed by atoms with van der Waals surface area (Å²) in [5.74, 6) is 0.937. The lowest BCUT2D eigenvalue weighted by atomic mass is 9.89. The molecule has 1 fully saturated rings. The van der Waals surface area contributed by atoms with Crippen LogP contribution in [0.5, 0.6) is 0 Å². The highest BCUT2D eigenvalue weighted by atomic mass is 31.0. The minimum Gasteiger partial charge on any atom is -0.378 e. The zero-order valence-electron chi connectivity index (χ0n) is 8.09. The Kier molecular flexibility index (Phi) is 5.18. The number of rotatable bonds is 4. The average Bonchev–Trinajstić information content (AvgIpc) is 2.09. The van der Waals surface area contributed by atoms with Crippen LogP contribution in [0.1, 0.15) is 39.0 Å². The van der Waals surface area contributed by atoms with Crippen molar-refractivity contribution in [3.8, 4) is 0 Å². The summed E-state index contributed by atoms with van der Waals surface area (Å²) in [5, 5.41) is 0. The zero-order chi connectivity index (χ0) is 8.81. The molecule has 0 aromatic carbocycles. The quantitative estimate of drug-likeness (QED) is 0.487. The van der Waals surface area contributed by atoms with Crippen molar-refractivity contribution in [3.63, 3.8) is 0 Å². The third-order valence-electron chi connectivity index (χ3n) is 2.66. The van der Waals surface area contributed by atoms with Gasteiger partial charge >= 0.3 is 0 Å². The van der Waals surface area contributed by atoms with Crippen molar-refractivity contribution in [2.75, 3.05) is 12.8 Å². The molecule has 1 saturated carbocycles. The lowest BCUT2D eigenvalue weighted by molar-refractivity contribution is 0.0206. The zero-order valence-corrected chi connectivity index (χ0v) is 9.24. The van der Waals surface area contributed by atoms with E-state index in [4.69, 9.17) is 4.74 Å². The van der Waals surface area contributed by atoms with Gasteiger partial charge in [-0.3, -0.25) is 0 Å². The van der Waals surface area contributed by atoms with Crippen LogP contribution in [0.4, 0.5) is 0 Å². The van der Waals surface area contributed by atoms with E-state index in [2.05, 4.69) is 16.2 Å². The summed E-state index contributed by atoms with van der Waals surface area (Å²) in [6.45, 7) is 3.31. The molecule has 1 aliphatic rings. The maximum Gasteiger partial charge on any atom is 0.0575 e. The predicted molar refractivity (Wildman–Crippen MR) is 56.6 cm³/mol. The van der Waals surface area contributed by atoms with Gasteiger partial charge in [-0.15, -0.1) is 9.24 Å². The van der Waals surface area contributed by atoms with Gasteiger partial charge < -0.3 is 4.74 Å². The normalized spacial score (nSPS) is 30.5. The van der Waals surface area contributed by atoms with Crippen LogP contribution >= 0.6 is 9.24 Å². The molecule has 1 rings (SSSR count). The van der Waals surface area contributed by atoms with Gasteiger partial charge in [0.1, 0.15) is 0 Å². The van der Waals surface area contributed by atoms with Crippen molar-refractivity contribution >= 4 is 9.24 Å². The van der Waals surface area contributed by atoms with Crippen LogP contribution < -0.4 is 0 Å². The molecule has 1 atom stereocenters. The van der Waals surface area contributed by atoms with E-state index >= 15 is 0 Å². The van der Waals surface area contributed by atoms with Crippen molar-refractivity contribution in [1.82, 2.24) is 0 Å². The van der Waals surface area contributed by atoms with Gasteiger partial charge in [0.2, 0.25) is 0 Å². The van der Waals surface area contributed by atoms with Crippen LogP contribution in [0.15, 0.2) is 0 Å². The van der Waals surface area contributed by atoms with Gasteiger partial charge in [0.15, 0.2) is 0 Å². The molecule has 2 heteroatoms. The van der Waals surface area contributed by atoms with Crippen LogP contribution in [0.3, 0.4) is 0 Å². The molecule has 0 bridgehead atoms. The predicted octanol–water partition coefficient (Wildman–Crippen LogP) is 2.85. The largest absolute Gasteiger partial charge is 0.378 e. The molecule has 0 N–H and O–H groups in total. The average molecular weight is 188 g/mol. The van der Waals surface area contributed by atoms with E-state index in [1.165, 1.54) is 38.3 Å². The van der Waals surface area contributed by atoms with Gasteiger partial charge in [0.05, 0.1) is 6.10 Å². The first kappa shape index (κ1) is 10.5. The Morgan fingerprint density at radius 2 is 1.92 bits per heavy atom. The van der Waals surface area contributed by atoms with Crippen LogP contribution in [0, 0.1) is 5.92 Å². The molecule has 1 unspecified atom stereocenters. The lowest BCUT2D eigenvalue weighted by Gasteiger charge is -2.26. The molecular weight excluding hydrogens is 167 g/mol. The second-order valence-corrected chi connectivity index (χ2v) is 4.47. The minimum absolute atomic E-state index is 0.581. The van der Waals surface area contributed by atoms with Gasteiger partial charge in [0, 0.05) is 6.61 Å². The fourth-order valence-corrected chi connectivity index (χ4v) is 1.90. The SMILES string of the molecule is CC1CCC(OCCCP)CC1. The molecule has 0 radical (unpaired) electrons. The summed E-state index contributed by atoms with van der Waals surface area (Å²) in [5.41, 5.74) is 0. The van der Waals surface area contributed by atoms with E-state index in [1.807, 2.05) is 0 Å². The Balaban J connectivity index is 2.01. The Bertz CT molecular complexity index is 108. The topological polar surface area (TPSA) is 9.23 Å². The van der Waals surface area contributed by atoms with Gasteiger partial charge in [-0.2, -0.15) is 0 Å². The fraction of sp³-hybridized carbons (Fsp3) is 1.00.